The second-order valence-corrected chi connectivity index (χ2v) is 4.80. The van der Waals surface area contributed by atoms with Crippen molar-refractivity contribution < 1.29 is 19.1 Å². The Bertz CT molecular complexity index is 581. The molecular weight excluding hydrogens is 280 g/mol. The Morgan fingerprint density at radius 3 is 2.00 bits per heavy atom. The van der Waals surface area contributed by atoms with Crippen molar-refractivity contribution in [3.8, 4) is 0 Å². The van der Waals surface area contributed by atoms with Crippen molar-refractivity contribution in [2.75, 3.05) is 6.61 Å². The summed E-state index contributed by atoms with van der Waals surface area (Å²) in [6, 6.07) is 18.9. The van der Waals surface area contributed by atoms with Crippen LogP contribution >= 0.6 is 0 Å². The number of hydrogen-bond acceptors (Lipinski definition) is 4. The Morgan fingerprint density at radius 1 is 0.909 bits per heavy atom. The molecule has 0 fully saturated rings. The molecule has 0 amide bonds. The van der Waals surface area contributed by atoms with Crippen LogP contribution in [0.5, 0.6) is 0 Å². The molecule has 2 aromatic carbocycles. The third-order valence-corrected chi connectivity index (χ3v) is 3.07. The minimum absolute atomic E-state index is 0.146. The number of ether oxygens (including phenoxy) is 2. The smallest absolute Gasteiger partial charge is 0.194 e. The largest absolute Gasteiger partial charge is 0.369 e. The summed E-state index contributed by atoms with van der Waals surface area (Å²) < 4.78 is 10.7. The van der Waals surface area contributed by atoms with E-state index in [0.717, 1.165) is 11.1 Å². The Balaban J connectivity index is 1.75. The number of carbonyl (C=O) groups excluding carboxylic acids is 2. The van der Waals surface area contributed by atoms with Gasteiger partial charge in [0, 0.05) is 0 Å². The van der Waals surface area contributed by atoms with Crippen LogP contribution in [-0.2, 0) is 32.3 Å². The van der Waals surface area contributed by atoms with Crippen LogP contribution in [-0.4, -0.2) is 24.8 Å². The Hall–Kier alpha value is -2.30. The molecule has 0 aliphatic heterocycles. The summed E-state index contributed by atoms with van der Waals surface area (Å²) >= 11 is 0. The summed E-state index contributed by atoms with van der Waals surface area (Å²) in [5.74, 6) is -0.373. The number of aldehydes is 1. The second kappa shape index (κ2) is 8.87. The van der Waals surface area contributed by atoms with Crippen molar-refractivity contribution in [1.29, 1.82) is 0 Å². The van der Waals surface area contributed by atoms with E-state index in [9.17, 15) is 9.59 Å². The molecule has 1 atom stereocenters. The molecule has 2 aromatic rings. The van der Waals surface area contributed by atoms with Gasteiger partial charge in [-0.3, -0.25) is 9.59 Å². The quantitative estimate of drug-likeness (QED) is 0.527. The molecule has 0 heterocycles. The minimum Gasteiger partial charge on any atom is -0.369 e. The first-order chi connectivity index (χ1) is 10.8. The molecule has 2 rings (SSSR count). The summed E-state index contributed by atoms with van der Waals surface area (Å²) in [5.41, 5.74) is 1.88. The van der Waals surface area contributed by atoms with E-state index in [1.807, 2.05) is 60.7 Å². The normalized spacial score (nSPS) is 11.8. The topological polar surface area (TPSA) is 52.6 Å². The van der Waals surface area contributed by atoms with Crippen LogP contribution in [0.3, 0.4) is 0 Å². The lowest BCUT2D eigenvalue weighted by molar-refractivity contribution is -0.141. The number of ketones is 1. The molecule has 22 heavy (non-hydrogen) atoms. The van der Waals surface area contributed by atoms with Gasteiger partial charge in [-0.2, -0.15) is 0 Å². The van der Waals surface area contributed by atoms with Crippen LogP contribution in [0.2, 0.25) is 0 Å². The zero-order chi connectivity index (χ0) is 15.6. The van der Waals surface area contributed by atoms with Gasteiger partial charge in [0.05, 0.1) is 13.2 Å². The summed E-state index contributed by atoms with van der Waals surface area (Å²) in [7, 11) is 0. The van der Waals surface area contributed by atoms with E-state index < -0.39 is 6.10 Å². The number of carbonyl (C=O) groups is 2. The van der Waals surface area contributed by atoms with E-state index in [1.165, 1.54) is 0 Å². The van der Waals surface area contributed by atoms with Crippen LogP contribution in [0.15, 0.2) is 60.7 Å². The molecule has 114 valence electrons. The lowest BCUT2D eigenvalue weighted by atomic mass is 10.2. The molecule has 0 aromatic heterocycles. The van der Waals surface area contributed by atoms with Crippen molar-refractivity contribution in [2.45, 2.75) is 19.3 Å². The lowest BCUT2D eigenvalue weighted by Gasteiger charge is -2.11. The highest BCUT2D eigenvalue weighted by atomic mass is 16.5. The van der Waals surface area contributed by atoms with Gasteiger partial charge in [0.2, 0.25) is 0 Å². The molecule has 0 saturated carbocycles. The highest BCUT2D eigenvalue weighted by Crippen LogP contribution is 2.05. The molecule has 0 bridgehead atoms. The molecule has 0 saturated heterocycles. The third-order valence-electron chi connectivity index (χ3n) is 3.07. The molecular formula is C18H18O4. The predicted molar refractivity (Wildman–Crippen MR) is 82.2 cm³/mol. The Morgan fingerprint density at radius 2 is 1.45 bits per heavy atom. The van der Waals surface area contributed by atoms with Gasteiger partial charge in [-0.15, -0.1) is 0 Å². The number of rotatable bonds is 9. The summed E-state index contributed by atoms with van der Waals surface area (Å²) in [5, 5.41) is 0. The van der Waals surface area contributed by atoms with Crippen molar-refractivity contribution in [3.63, 3.8) is 0 Å². The third kappa shape index (κ3) is 5.24. The minimum atomic E-state index is -1.09. The van der Waals surface area contributed by atoms with Crippen LogP contribution in [0.25, 0.3) is 0 Å². The molecule has 0 spiro atoms. The van der Waals surface area contributed by atoms with Crippen LogP contribution < -0.4 is 0 Å². The molecule has 0 aliphatic carbocycles. The molecule has 0 radical (unpaired) electrons. The van der Waals surface area contributed by atoms with E-state index in [2.05, 4.69) is 0 Å². The summed E-state index contributed by atoms with van der Waals surface area (Å²) in [6.07, 6.45) is -0.576. The maximum Gasteiger partial charge on any atom is 0.194 e. The number of hydrogen-bond donors (Lipinski definition) is 0. The van der Waals surface area contributed by atoms with Crippen LogP contribution in [0.1, 0.15) is 11.1 Å². The van der Waals surface area contributed by atoms with E-state index in [4.69, 9.17) is 9.47 Å². The van der Waals surface area contributed by atoms with Gasteiger partial charge in [-0.05, 0) is 11.1 Å². The average Bonchev–Trinajstić information content (AvgIpc) is 2.57. The fraction of sp³-hybridized carbons (Fsp3) is 0.222. The lowest BCUT2D eigenvalue weighted by Crippen LogP contribution is -2.29. The van der Waals surface area contributed by atoms with Gasteiger partial charge >= 0.3 is 0 Å². The first kappa shape index (κ1) is 16.1. The van der Waals surface area contributed by atoms with Crippen molar-refractivity contribution >= 4 is 12.1 Å². The van der Waals surface area contributed by atoms with Crippen molar-refractivity contribution in [3.05, 3.63) is 71.8 Å². The Kier molecular flexibility index (Phi) is 6.48. The first-order valence-electron chi connectivity index (χ1n) is 7.05. The predicted octanol–water partition coefficient (Wildman–Crippen LogP) is 2.56. The van der Waals surface area contributed by atoms with E-state index >= 15 is 0 Å². The van der Waals surface area contributed by atoms with Crippen molar-refractivity contribution in [1.82, 2.24) is 0 Å². The zero-order valence-electron chi connectivity index (χ0n) is 12.2. The molecule has 4 nitrogen and oxygen atoms in total. The standard InChI is InChI=1S/C18H18O4/c19-11-18(22-13-16-9-5-2-6-10-16)17(20)14-21-12-15-7-3-1-4-8-15/h1-11,18H,12-14H2. The highest BCUT2D eigenvalue weighted by Gasteiger charge is 2.18. The monoisotopic (exact) mass is 298 g/mol. The molecule has 0 aliphatic rings. The van der Waals surface area contributed by atoms with Gasteiger partial charge < -0.3 is 9.47 Å². The molecule has 0 N–H and O–H groups in total. The van der Waals surface area contributed by atoms with Gasteiger partial charge in [0.1, 0.15) is 6.61 Å². The Labute approximate surface area is 129 Å². The fourth-order valence-corrected chi connectivity index (χ4v) is 1.89. The summed E-state index contributed by atoms with van der Waals surface area (Å²) in [4.78, 5) is 22.9. The molecule has 1 unspecified atom stereocenters. The summed E-state index contributed by atoms with van der Waals surface area (Å²) in [6.45, 7) is 0.401. The highest BCUT2D eigenvalue weighted by molar-refractivity contribution is 5.96. The van der Waals surface area contributed by atoms with E-state index in [0.29, 0.717) is 12.9 Å². The number of benzene rings is 2. The van der Waals surface area contributed by atoms with E-state index in [1.54, 1.807) is 0 Å². The fourth-order valence-electron chi connectivity index (χ4n) is 1.89. The number of Topliss-reactive ketones (excluding diaryl/α,β-unsaturated/α-hetero) is 1. The van der Waals surface area contributed by atoms with E-state index in [-0.39, 0.29) is 19.0 Å². The maximum atomic E-state index is 11.9. The average molecular weight is 298 g/mol. The van der Waals surface area contributed by atoms with Gasteiger partial charge in [0.25, 0.3) is 0 Å². The maximum absolute atomic E-state index is 11.9. The van der Waals surface area contributed by atoms with Crippen LogP contribution in [0.4, 0.5) is 0 Å². The van der Waals surface area contributed by atoms with Gasteiger partial charge in [-0.25, -0.2) is 0 Å². The first-order valence-corrected chi connectivity index (χ1v) is 7.05. The molecule has 4 heteroatoms. The zero-order valence-corrected chi connectivity index (χ0v) is 12.2. The van der Waals surface area contributed by atoms with Gasteiger partial charge in [-0.1, -0.05) is 60.7 Å². The second-order valence-electron chi connectivity index (χ2n) is 4.80. The van der Waals surface area contributed by atoms with Crippen molar-refractivity contribution in [2.24, 2.45) is 0 Å². The van der Waals surface area contributed by atoms with Gasteiger partial charge in [0.15, 0.2) is 18.2 Å². The van der Waals surface area contributed by atoms with Crippen LogP contribution in [0, 0.1) is 0 Å². The SMILES string of the molecule is O=CC(OCc1ccccc1)C(=O)COCc1ccccc1.